The fraction of sp³-hybridized carbons (Fsp3) is 0.848. The number of alkyl carbamates (subject to hydrolysis) is 2. The van der Waals surface area contributed by atoms with Gasteiger partial charge in [-0.3, -0.25) is 4.79 Å². The summed E-state index contributed by atoms with van der Waals surface area (Å²) in [6, 6.07) is -5.51. The molecule has 1 aliphatic carbocycles. The summed E-state index contributed by atoms with van der Waals surface area (Å²) in [4.78, 5) is 82.9. The van der Waals surface area contributed by atoms with Gasteiger partial charge in [0.1, 0.15) is 40.7 Å². The first-order valence-electron chi connectivity index (χ1n) is 23.2. The quantitative estimate of drug-likeness (QED) is 0.134. The molecule has 3 aliphatic heterocycles. The monoisotopic (exact) mass is 955 g/mol. The van der Waals surface area contributed by atoms with Crippen molar-refractivity contribution in [2.24, 2.45) is 22.4 Å². The number of aliphatic hydroxyl groups excluding tert-OH is 2. The van der Waals surface area contributed by atoms with Gasteiger partial charge in [-0.1, -0.05) is 25.9 Å². The lowest BCUT2D eigenvalue weighted by atomic mass is 9.72. The number of carbonyl (C=O) groups is 5. The fourth-order valence-corrected chi connectivity index (χ4v) is 8.83. The number of allylic oxidation sites excluding steroid dienone is 1. The summed E-state index contributed by atoms with van der Waals surface area (Å²) < 4.78 is 41.7. The molecule has 0 bridgehead atoms. The van der Waals surface area contributed by atoms with Crippen LogP contribution in [0.5, 0.6) is 0 Å². The van der Waals surface area contributed by atoms with E-state index in [1.807, 2.05) is 13.0 Å². The van der Waals surface area contributed by atoms with Crippen LogP contribution in [0.25, 0.3) is 0 Å². The Morgan fingerprint density at radius 2 is 1.39 bits per heavy atom. The zero-order chi connectivity index (χ0) is 50.8. The van der Waals surface area contributed by atoms with E-state index < -0.39 is 131 Å². The van der Waals surface area contributed by atoms with Crippen LogP contribution in [0.1, 0.15) is 123 Å². The van der Waals surface area contributed by atoms with Crippen molar-refractivity contribution in [3.05, 3.63) is 16.7 Å². The molecule has 0 aromatic heterocycles. The van der Waals surface area contributed by atoms with E-state index in [0.29, 0.717) is 12.2 Å². The molecule has 0 radical (unpaired) electrons. The molecule has 1 saturated carbocycles. The van der Waals surface area contributed by atoms with Crippen molar-refractivity contribution in [3.63, 3.8) is 0 Å². The van der Waals surface area contributed by atoms with E-state index in [4.69, 9.17) is 33.2 Å². The molecule has 0 aromatic carbocycles. The highest BCUT2D eigenvalue weighted by molar-refractivity contribution is 5.82. The number of nitrogens with zero attached hydrogens (tertiary/aromatic N) is 3. The molecule has 0 aromatic rings. The molecule has 4 aliphatic rings. The zero-order valence-corrected chi connectivity index (χ0v) is 42.3. The van der Waals surface area contributed by atoms with Crippen molar-refractivity contribution in [1.29, 1.82) is 0 Å². The second-order valence-electron chi connectivity index (χ2n) is 22.8. The summed E-state index contributed by atoms with van der Waals surface area (Å²) in [5, 5.41) is 36.3. The van der Waals surface area contributed by atoms with Crippen LogP contribution in [0.3, 0.4) is 0 Å². The van der Waals surface area contributed by atoms with Gasteiger partial charge in [0, 0.05) is 49.9 Å². The highest BCUT2D eigenvalue weighted by Crippen LogP contribution is 2.41. The Morgan fingerprint density at radius 3 is 1.90 bits per heavy atom. The van der Waals surface area contributed by atoms with Crippen molar-refractivity contribution in [2.45, 2.75) is 206 Å². The highest BCUT2D eigenvalue weighted by atomic mass is 16.7. The molecule has 11 unspecified atom stereocenters. The minimum Gasteiger partial charge on any atom is -0.492 e. The van der Waals surface area contributed by atoms with Gasteiger partial charge < -0.3 is 69.1 Å². The maximum atomic E-state index is 14.1. The number of carbonyl (C=O) groups excluding carboxylic acids is 5. The number of hydrogen-bond donors (Lipinski definition) is 5. The molecule has 3 fully saturated rings. The standard InChI is InChI=1S/C46H78N6O15/c1-17-25-18-19-26(48-38(56)64-42(2,3)4)33(62-25)29-27(49-39(57)65-43(5,6)7)20-28(47-36(55)31(53)24-21-52(22-24)41(59)67-45(11,12)13)34(32(29)54)63-37-30(50-60)35(46(14,15)23-61-37)51(16)40(58)66-44(8,9)10/h18,24,26-35,37,53-54H,17,19-23H2,1-16H3,(H,47,55)(H,48,56)(H,49,57). The SMILES string of the molecule is CCC1=CCC(NC(=O)OC(C)(C)C)C(C2C(NC(=O)OC(C)(C)C)CC(NC(=O)C(O)C3CN(C(=O)OC(C)(C)C)C3)C(OC3OCC(C)(C)C(N(C)C(=O)OC(C)(C)C)C3N=O)C2O)O1. The minimum absolute atomic E-state index is 0.0187. The molecule has 11 atom stereocenters. The smallest absolute Gasteiger partial charge is 0.410 e. The van der Waals surface area contributed by atoms with Crippen molar-refractivity contribution in [3.8, 4) is 0 Å². The Labute approximate surface area is 395 Å². The fourth-order valence-electron chi connectivity index (χ4n) is 8.83. The number of likely N-dealkylation sites (tertiary alicyclic amines) is 1. The predicted molar refractivity (Wildman–Crippen MR) is 243 cm³/mol. The molecule has 382 valence electrons. The van der Waals surface area contributed by atoms with E-state index in [9.17, 15) is 39.1 Å². The first-order valence-corrected chi connectivity index (χ1v) is 23.2. The third-order valence-corrected chi connectivity index (χ3v) is 11.7. The molecular weight excluding hydrogens is 877 g/mol. The maximum absolute atomic E-state index is 14.1. The number of nitrogens with one attached hydrogen (secondary N) is 3. The molecule has 3 heterocycles. The Kier molecular flexibility index (Phi) is 17.3. The number of rotatable bonds is 11. The third-order valence-electron chi connectivity index (χ3n) is 11.7. The van der Waals surface area contributed by atoms with Crippen LogP contribution in [0.4, 0.5) is 19.2 Å². The number of ether oxygens (including phenoxy) is 7. The molecule has 0 spiro atoms. The average molecular weight is 955 g/mol. The first-order chi connectivity index (χ1) is 30.6. The summed E-state index contributed by atoms with van der Waals surface area (Å²) in [5.41, 5.74) is -4.33. The van der Waals surface area contributed by atoms with Crippen molar-refractivity contribution in [2.75, 3.05) is 26.7 Å². The van der Waals surface area contributed by atoms with E-state index >= 15 is 0 Å². The van der Waals surface area contributed by atoms with Gasteiger partial charge in [-0.25, -0.2) is 19.2 Å². The molecule has 67 heavy (non-hydrogen) atoms. The van der Waals surface area contributed by atoms with Gasteiger partial charge in [0.2, 0.25) is 5.91 Å². The number of likely N-dealkylation sites (N-methyl/N-ethyl adjacent to an activating group) is 1. The number of nitroso groups, excluding NO2 is 1. The third kappa shape index (κ3) is 15.0. The van der Waals surface area contributed by atoms with Gasteiger partial charge in [-0.05, 0) is 102 Å². The van der Waals surface area contributed by atoms with Crippen molar-refractivity contribution in [1.82, 2.24) is 25.8 Å². The van der Waals surface area contributed by atoms with Gasteiger partial charge in [-0.15, -0.1) is 0 Å². The summed E-state index contributed by atoms with van der Waals surface area (Å²) >= 11 is 0. The predicted octanol–water partition coefficient (Wildman–Crippen LogP) is 5.09. The summed E-state index contributed by atoms with van der Waals surface area (Å²) in [6.45, 7) is 25.9. The molecule has 21 nitrogen and oxygen atoms in total. The van der Waals surface area contributed by atoms with Gasteiger partial charge in [0.05, 0.1) is 36.6 Å². The van der Waals surface area contributed by atoms with E-state index in [1.54, 1.807) is 96.9 Å². The highest BCUT2D eigenvalue weighted by Gasteiger charge is 2.57. The van der Waals surface area contributed by atoms with Crippen LogP contribution in [-0.2, 0) is 38.0 Å². The lowest BCUT2D eigenvalue weighted by Gasteiger charge is -2.52. The molecule has 4 rings (SSSR count). The van der Waals surface area contributed by atoms with Crippen LogP contribution >= 0.6 is 0 Å². The van der Waals surface area contributed by atoms with Crippen LogP contribution < -0.4 is 16.0 Å². The van der Waals surface area contributed by atoms with E-state index in [-0.39, 0.29) is 32.5 Å². The minimum atomic E-state index is -1.69. The molecule has 2 saturated heterocycles. The number of aliphatic hydroxyl groups is 2. The normalized spacial score (nSPS) is 29.6. The van der Waals surface area contributed by atoms with Gasteiger partial charge >= 0.3 is 24.4 Å². The van der Waals surface area contributed by atoms with Crippen molar-refractivity contribution >= 4 is 30.3 Å². The first kappa shape index (κ1) is 55.1. The Balaban J connectivity index is 1.79. The molecule has 21 heteroatoms. The zero-order valence-electron chi connectivity index (χ0n) is 42.3. The number of hydrogen-bond acceptors (Lipinski definition) is 16. The lowest BCUT2D eigenvalue weighted by molar-refractivity contribution is -0.264. The van der Waals surface area contributed by atoms with Gasteiger partial charge in [0.25, 0.3) is 0 Å². The van der Waals surface area contributed by atoms with Crippen LogP contribution in [-0.4, -0.2) is 160 Å². The molecule has 5 N–H and O–H groups in total. The van der Waals surface area contributed by atoms with E-state index in [0.717, 1.165) is 0 Å². The number of amides is 5. The van der Waals surface area contributed by atoms with Gasteiger partial charge in [0.15, 0.2) is 12.3 Å². The Bertz CT molecular complexity index is 1810. The van der Waals surface area contributed by atoms with Gasteiger partial charge in [-0.2, -0.15) is 4.91 Å². The lowest BCUT2D eigenvalue weighted by Crippen LogP contribution is -2.70. The van der Waals surface area contributed by atoms with Crippen molar-refractivity contribution < 1.29 is 67.3 Å². The Hall–Kier alpha value is -4.47. The largest absolute Gasteiger partial charge is 0.492 e. The van der Waals surface area contributed by atoms with Crippen LogP contribution in [0.2, 0.25) is 0 Å². The summed E-state index contributed by atoms with van der Waals surface area (Å²) in [6.07, 6.45) is -8.04. The summed E-state index contributed by atoms with van der Waals surface area (Å²) in [5.74, 6) is -2.15. The molecule has 5 amide bonds. The van der Waals surface area contributed by atoms with Crippen LogP contribution in [0.15, 0.2) is 17.0 Å². The maximum Gasteiger partial charge on any atom is 0.410 e. The van der Waals surface area contributed by atoms with E-state index in [1.165, 1.54) is 16.8 Å². The van der Waals surface area contributed by atoms with E-state index in [2.05, 4.69) is 21.1 Å². The summed E-state index contributed by atoms with van der Waals surface area (Å²) in [7, 11) is 1.48. The molecular formula is C46H78N6O15. The Morgan fingerprint density at radius 1 is 0.851 bits per heavy atom. The van der Waals surface area contributed by atoms with Crippen LogP contribution in [0, 0.1) is 22.2 Å². The second-order valence-corrected chi connectivity index (χ2v) is 22.8. The topological polar surface area (TPSA) is 262 Å². The average Bonchev–Trinajstić information content (AvgIpc) is 3.13. The second kappa shape index (κ2) is 21.0.